The van der Waals surface area contributed by atoms with Gasteiger partial charge < -0.3 is 14.2 Å². The maximum Gasteiger partial charge on any atom is 0.306 e. The highest BCUT2D eigenvalue weighted by molar-refractivity contribution is 5.71. The Morgan fingerprint density at radius 2 is 0.434 bits per heavy atom. The number of ether oxygens (including phenoxy) is 3. The molecule has 1 unspecified atom stereocenters. The summed E-state index contributed by atoms with van der Waals surface area (Å²) in [5, 5.41) is 0. The van der Waals surface area contributed by atoms with E-state index in [-0.39, 0.29) is 31.1 Å². The van der Waals surface area contributed by atoms with Crippen LogP contribution in [0.1, 0.15) is 419 Å². The lowest BCUT2D eigenvalue weighted by molar-refractivity contribution is -0.167. The smallest absolute Gasteiger partial charge is 0.306 e. The molecule has 0 aliphatic rings. The standard InChI is InChI=1S/C77H144O6/c1-4-7-10-13-16-18-20-22-24-26-28-30-32-34-36-37-38-39-41-42-44-46-48-50-52-54-56-58-61-64-67-70-76(79)82-73-74(72-81-75(78)69-66-63-60-15-12-9-6-3)83-77(80)71-68-65-62-59-57-55-53-51-49-47-45-43-40-35-33-31-29-27-25-23-21-19-17-14-11-8-5-2/h20,22,26,28,32,34,74H,4-19,21,23-25,27,29-31,33,35-73H2,1-3H3/b22-20-,28-26-,34-32-. The molecule has 0 aromatic rings. The molecule has 0 aromatic carbocycles. The predicted molar refractivity (Wildman–Crippen MR) is 362 cm³/mol. The van der Waals surface area contributed by atoms with Gasteiger partial charge in [0.05, 0.1) is 0 Å². The topological polar surface area (TPSA) is 78.9 Å². The van der Waals surface area contributed by atoms with E-state index in [2.05, 4.69) is 57.2 Å². The molecular weight excluding hydrogens is 1020 g/mol. The van der Waals surface area contributed by atoms with E-state index in [1.807, 2.05) is 0 Å². The first-order valence-corrected chi connectivity index (χ1v) is 37.5. The van der Waals surface area contributed by atoms with E-state index in [9.17, 15) is 14.4 Å². The summed E-state index contributed by atoms with van der Waals surface area (Å²) in [5.74, 6) is -0.842. The molecule has 1 atom stereocenters. The molecule has 0 saturated carbocycles. The second kappa shape index (κ2) is 72.1. The average molecular weight is 1170 g/mol. The third kappa shape index (κ3) is 70.3. The van der Waals surface area contributed by atoms with Gasteiger partial charge in [-0.1, -0.05) is 378 Å². The van der Waals surface area contributed by atoms with Crippen LogP contribution in [-0.2, 0) is 28.6 Å². The second-order valence-corrected chi connectivity index (χ2v) is 25.6. The van der Waals surface area contributed by atoms with E-state index in [1.54, 1.807) is 0 Å². The van der Waals surface area contributed by atoms with Gasteiger partial charge in [0.1, 0.15) is 13.2 Å². The number of hydrogen-bond donors (Lipinski definition) is 0. The van der Waals surface area contributed by atoms with E-state index < -0.39 is 6.10 Å². The van der Waals surface area contributed by atoms with Gasteiger partial charge in [-0.15, -0.1) is 0 Å². The highest BCUT2D eigenvalue weighted by Gasteiger charge is 2.20. The summed E-state index contributed by atoms with van der Waals surface area (Å²) in [6.07, 6.45) is 90.9. The van der Waals surface area contributed by atoms with Crippen molar-refractivity contribution in [2.45, 2.75) is 425 Å². The lowest BCUT2D eigenvalue weighted by atomic mass is 10.0. The van der Waals surface area contributed by atoms with Crippen LogP contribution in [0.3, 0.4) is 0 Å². The largest absolute Gasteiger partial charge is 0.462 e. The second-order valence-electron chi connectivity index (χ2n) is 25.6. The predicted octanol–water partition coefficient (Wildman–Crippen LogP) is 25.9. The monoisotopic (exact) mass is 1170 g/mol. The van der Waals surface area contributed by atoms with E-state index in [1.165, 1.54) is 308 Å². The van der Waals surface area contributed by atoms with E-state index in [0.29, 0.717) is 19.3 Å². The third-order valence-electron chi connectivity index (χ3n) is 17.1. The molecule has 0 amide bonds. The fourth-order valence-electron chi connectivity index (χ4n) is 11.5. The Bertz CT molecular complexity index is 1380. The molecule has 6 nitrogen and oxygen atoms in total. The Hall–Kier alpha value is -2.37. The minimum absolute atomic E-state index is 0.0658. The lowest BCUT2D eigenvalue weighted by Gasteiger charge is -2.18. The van der Waals surface area contributed by atoms with Crippen molar-refractivity contribution < 1.29 is 28.6 Å². The van der Waals surface area contributed by atoms with Crippen molar-refractivity contribution in [3.8, 4) is 0 Å². The zero-order valence-corrected chi connectivity index (χ0v) is 56.2. The van der Waals surface area contributed by atoms with Gasteiger partial charge in [-0.3, -0.25) is 14.4 Å². The summed E-state index contributed by atoms with van der Waals surface area (Å²) in [6.45, 7) is 6.66. The minimum Gasteiger partial charge on any atom is -0.462 e. The number of rotatable bonds is 70. The third-order valence-corrected chi connectivity index (χ3v) is 17.1. The van der Waals surface area contributed by atoms with E-state index in [4.69, 9.17) is 14.2 Å². The number of hydrogen-bond acceptors (Lipinski definition) is 6. The molecule has 0 aromatic heterocycles. The molecule has 0 fully saturated rings. The van der Waals surface area contributed by atoms with Crippen LogP contribution in [0.25, 0.3) is 0 Å². The molecule has 0 saturated heterocycles. The summed E-state index contributed by atoms with van der Waals surface area (Å²) < 4.78 is 16.9. The summed E-state index contributed by atoms with van der Waals surface area (Å²) in [4.78, 5) is 38.2. The van der Waals surface area contributed by atoms with Crippen LogP contribution < -0.4 is 0 Å². The summed E-state index contributed by atoms with van der Waals surface area (Å²) in [7, 11) is 0. The highest BCUT2D eigenvalue weighted by Crippen LogP contribution is 2.19. The molecule has 0 rings (SSSR count). The van der Waals surface area contributed by atoms with Crippen LogP contribution >= 0.6 is 0 Å². The zero-order chi connectivity index (χ0) is 59.9. The average Bonchev–Trinajstić information content (AvgIpc) is 3.50. The first-order valence-electron chi connectivity index (χ1n) is 37.5. The van der Waals surface area contributed by atoms with Gasteiger partial charge in [-0.2, -0.15) is 0 Å². The van der Waals surface area contributed by atoms with Gasteiger partial charge in [0.25, 0.3) is 0 Å². The van der Waals surface area contributed by atoms with Crippen molar-refractivity contribution in [1.29, 1.82) is 0 Å². The fourth-order valence-corrected chi connectivity index (χ4v) is 11.5. The quantitative estimate of drug-likeness (QED) is 0.0261. The van der Waals surface area contributed by atoms with Crippen LogP contribution in [0.2, 0.25) is 0 Å². The number of carbonyl (C=O) groups is 3. The van der Waals surface area contributed by atoms with Gasteiger partial charge in [-0.05, 0) is 57.8 Å². The van der Waals surface area contributed by atoms with Crippen molar-refractivity contribution in [3.05, 3.63) is 36.5 Å². The molecule has 0 aliphatic heterocycles. The Kier molecular flexibility index (Phi) is 70.0. The number of esters is 3. The van der Waals surface area contributed by atoms with Gasteiger partial charge in [0, 0.05) is 19.3 Å². The normalized spacial score (nSPS) is 12.2. The molecule has 0 N–H and O–H groups in total. The zero-order valence-electron chi connectivity index (χ0n) is 56.2. The molecule has 0 aliphatic carbocycles. The van der Waals surface area contributed by atoms with Crippen LogP contribution in [-0.4, -0.2) is 37.2 Å². The molecule has 6 heteroatoms. The summed E-state index contributed by atoms with van der Waals surface area (Å²) >= 11 is 0. The Morgan fingerprint density at radius 1 is 0.241 bits per heavy atom. The SMILES string of the molecule is CCCCCCC/C=C\C/C=C\C/C=C\CCCCCCCCCCCCCCCCCCC(=O)OCC(COC(=O)CCCCCCCCC)OC(=O)CCCCCCCCCCCCCCCCCCCCCCCCCCCCC. The van der Waals surface area contributed by atoms with Crippen LogP contribution in [0.15, 0.2) is 36.5 Å². The number of allylic oxidation sites excluding steroid dienone is 6. The van der Waals surface area contributed by atoms with Gasteiger partial charge in [-0.25, -0.2) is 0 Å². The van der Waals surface area contributed by atoms with Gasteiger partial charge >= 0.3 is 17.9 Å². The van der Waals surface area contributed by atoms with Crippen molar-refractivity contribution >= 4 is 17.9 Å². The Balaban J connectivity index is 3.98. The Morgan fingerprint density at radius 3 is 0.675 bits per heavy atom. The molecule has 0 bridgehead atoms. The van der Waals surface area contributed by atoms with E-state index in [0.717, 1.165) is 70.6 Å². The maximum atomic E-state index is 12.9. The Labute approximate surface area is 518 Å². The lowest BCUT2D eigenvalue weighted by Crippen LogP contribution is -2.30. The van der Waals surface area contributed by atoms with Crippen LogP contribution in [0, 0.1) is 0 Å². The number of unbranched alkanes of at least 4 members (excludes halogenated alkanes) is 53. The molecule has 488 valence electrons. The molecule has 0 heterocycles. The van der Waals surface area contributed by atoms with Crippen molar-refractivity contribution in [3.63, 3.8) is 0 Å². The van der Waals surface area contributed by atoms with Crippen LogP contribution in [0.4, 0.5) is 0 Å². The van der Waals surface area contributed by atoms with E-state index >= 15 is 0 Å². The summed E-state index contributed by atoms with van der Waals surface area (Å²) in [6, 6.07) is 0. The first kappa shape index (κ1) is 80.6. The highest BCUT2D eigenvalue weighted by atomic mass is 16.6. The number of carbonyl (C=O) groups excluding carboxylic acids is 3. The van der Waals surface area contributed by atoms with Gasteiger partial charge in [0.15, 0.2) is 6.10 Å². The molecule has 0 spiro atoms. The van der Waals surface area contributed by atoms with Crippen molar-refractivity contribution in [2.24, 2.45) is 0 Å². The first-order chi connectivity index (χ1) is 41.0. The minimum atomic E-state index is -0.767. The van der Waals surface area contributed by atoms with Crippen LogP contribution in [0.5, 0.6) is 0 Å². The maximum absolute atomic E-state index is 12.9. The van der Waals surface area contributed by atoms with Crippen molar-refractivity contribution in [2.75, 3.05) is 13.2 Å². The summed E-state index contributed by atoms with van der Waals surface area (Å²) in [5.41, 5.74) is 0. The fraction of sp³-hybridized carbons (Fsp3) is 0.883. The molecular formula is C77H144O6. The molecule has 83 heavy (non-hydrogen) atoms. The van der Waals surface area contributed by atoms with Crippen molar-refractivity contribution in [1.82, 2.24) is 0 Å². The van der Waals surface area contributed by atoms with Gasteiger partial charge in [0.2, 0.25) is 0 Å². The molecule has 0 radical (unpaired) electrons.